The van der Waals surface area contributed by atoms with Crippen molar-refractivity contribution in [2.75, 3.05) is 18.4 Å². The highest BCUT2D eigenvalue weighted by atomic mass is 35.5. The Morgan fingerprint density at radius 3 is 2.67 bits per heavy atom. The molecule has 1 aliphatic rings. The van der Waals surface area contributed by atoms with Crippen molar-refractivity contribution in [1.29, 1.82) is 0 Å². The number of carboxylic acids is 1. The maximum absolute atomic E-state index is 12.6. The van der Waals surface area contributed by atoms with Crippen molar-refractivity contribution in [3.05, 3.63) is 40.6 Å². The zero-order valence-electron chi connectivity index (χ0n) is 16.9. The summed E-state index contributed by atoms with van der Waals surface area (Å²) in [7, 11) is -4.39. The number of carbonyl (C=O) groups is 2. The third kappa shape index (κ3) is 6.57. The van der Waals surface area contributed by atoms with E-state index in [1.54, 1.807) is 12.4 Å². The number of sulfonamides is 1. The molecule has 5 N–H and O–H groups in total. The number of amides is 1. The molecule has 178 valence electrons. The molecule has 0 saturated carbocycles. The van der Waals surface area contributed by atoms with Crippen molar-refractivity contribution in [3.63, 3.8) is 0 Å². The first-order valence-electron chi connectivity index (χ1n) is 9.60. The lowest BCUT2D eigenvalue weighted by molar-refractivity contribution is -0.138. The number of carboxylic acid groups (broad SMARTS) is 1. The molecule has 2 unspecified atom stereocenters. The molecular weight excluding hydrogens is 499 g/mol. The number of aromatic amines is 1. The van der Waals surface area contributed by atoms with Gasteiger partial charge in [0.05, 0.1) is 10.0 Å². The van der Waals surface area contributed by atoms with Gasteiger partial charge in [-0.2, -0.15) is 4.72 Å². The van der Waals surface area contributed by atoms with Crippen LogP contribution >= 0.6 is 23.2 Å². The zero-order chi connectivity index (χ0) is 24.0. The van der Waals surface area contributed by atoms with Crippen molar-refractivity contribution < 1.29 is 28.0 Å². The number of carbonyl (C=O) groups excluding carboxylic acids is 1. The number of aromatic nitrogens is 2. The lowest BCUT2D eigenvalue weighted by Gasteiger charge is -2.16. The fourth-order valence-electron chi connectivity index (χ4n) is 2.89. The summed E-state index contributed by atoms with van der Waals surface area (Å²) < 4.78 is 27.2. The van der Waals surface area contributed by atoms with Gasteiger partial charge in [0, 0.05) is 38.3 Å². The van der Waals surface area contributed by atoms with Crippen LogP contribution in [-0.4, -0.2) is 66.3 Å². The Hall–Kier alpha value is -2.87. The predicted molar refractivity (Wildman–Crippen MR) is 120 cm³/mol. The lowest BCUT2D eigenvalue weighted by Crippen LogP contribution is -2.49. The van der Waals surface area contributed by atoms with E-state index < -0.39 is 39.4 Å². The molecule has 3 rings (SSSR count). The summed E-state index contributed by atoms with van der Waals surface area (Å²) in [5, 5.41) is 18.2. The van der Waals surface area contributed by atoms with Gasteiger partial charge in [0.15, 0.2) is 5.95 Å². The number of aliphatic carboxylic acids is 1. The van der Waals surface area contributed by atoms with Crippen molar-refractivity contribution >= 4 is 56.8 Å². The highest BCUT2D eigenvalue weighted by Crippen LogP contribution is 2.28. The molecule has 33 heavy (non-hydrogen) atoms. The topological polar surface area (TPSA) is 175 Å². The SMILES string of the molecule is O=C(NCC(NS(=O)(=O)c1c(Cl)cccc1Cl)C(=O)O)C1=NOC(CCNc2ncc[nH]2)C1. The molecule has 1 aliphatic heterocycles. The van der Waals surface area contributed by atoms with Gasteiger partial charge in [-0.1, -0.05) is 34.4 Å². The van der Waals surface area contributed by atoms with Gasteiger partial charge < -0.3 is 25.6 Å². The molecule has 0 bridgehead atoms. The van der Waals surface area contributed by atoms with E-state index in [1.807, 2.05) is 4.72 Å². The summed E-state index contributed by atoms with van der Waals surface area (Å²) in [5.41, 5.74) is 0.0687. The van der Waals surface area contributed by atoms with E-state index in [4.69, 9.17) is 28.0 Å². The molecule has 15 heteroatoms. The van der Waals surface area contributed by atoms with E-state index in [-0.39, 0.29) is 28.3 Å². The Balaban J connectivity index is 1.51. The van der Waals surface area contributed by atoms with Gasteiger partial charge in [-0.25, -0.2) is 13.4 Å². The van der Waals surface area contributed by atoms with Crippen LogP contribution in [0.3, 0.4) is 0 Å². The minimum atomic E-state index is -4.39. The molecule has 1 aromatic heterocycles. The number of H-pyrrole nitrogens is 1. The van der Waals surface area contributed by atoms with Crippen LogP contribution < -0.4 is 15.4 Å². The van der Waals surface area contributed by atoms with Crippen molar-refractivity contribution in [1.82, 2.24) is 20.0 Å². The highest BCUT2D eigenvalue weighted by Gasteiger charge is 2.31. The van der Waals surface area contributed by atoms with Crippen molar-refractivity contribution in [2.24, 2.45) is 5.16 Å². The Kier molecular flexibility index (Phi) is 8.13. The quantitative estimate of drug-likeness (QED) is 0.294. The summed E-state index contributed by atoms with van der Waals surface area (Å²) in [4.78, 5) is 35.6. The van der Waals surface area contributed by atoms with Gasteiger partial charge in [0.25, 0.3) is 5.91 Å². The number of hydrogen-bond donors (Lipinski definition) is 5. The largest absolute Gasteiger partial charge is 0.480 e. The molecule has 0 fully saturated rings. The van der Waals surface area contributed by atoms with Gasteiger partial charge in [-0.15, -0.1) is 0 Å². The van der Waals surface area contributed by atoms with Crippen LogP contribution in [0.4, 0.5) is 5.95 Å². The molecule has 0 radical (unpaired) electrons. The van der Waals surface area contributed by atoms with E-state index in [1.165, 1.54) is 18.2 Å². The number of nitrogens with zero attached hydrogens (tertiary/aromatic N) is 2. The van der Waals surface area contributed by atoms with Crippen LogP contribution in [0.25, 0.3) is 0 Å². The minimum absolute atomic E-state index is 0.0687. The number of nitrogens with one attached hydrogen (secondary N) is 4. The number of halogens is 2. The monoisotopic (exact) mass is 518 g/mol. The summed E-state index contributed by atoms with van der Waals surface area (Å²) in [6.07, 6.45) is 3.69. The second-order valence-electron chi connectivity index (χ2n) is 6.90. The van der Waals surface area contributed by atoms with Gasteiger partial charge in [-0.3, -0.25) is 9.59 Å². The summed E-state index contributed by atoms with van der Waals surface area (Å²) in [6.45, 7) is -0.0186. The smallest absolute Gasteiger partial charge is 0.323 e. The molecule has 12 nitrogen and oxygen atoms in total. The highest BCUT2D eigenvalue weighted by molar-refractivity contribution is 7.89. The number of imidazole rings is 1. The second kappa shape index (κ2) is 10.8. The first kappa shape index (κ1) is 24.8. The minimum Gasteiger partial charge on any atom is -0.480 e. The van der Waals surface area contributed by atoms with E-state index >= 15 is 0 Å². The summed E-state index contributed by atoms with van der Waals surface area (Å²) in [6, 6.07) is 2.38. The third-order valence-corrected chi connectivity index (χ3v) is 6.93. The number of oxime groups is 1. The maximum atomic E-state index is 12.6. The zero-order valence-corrected chi connectivity index (χ0v) is 19.2. The Morgan fingerprint density at radius 2 is 2.03 bits per heavy atom. The fourth-order valence-corrected chi connectivity index (χ4v) is 5.23. The van der Waals surface area contributed by atoms with Crippen LogP contribution in [-0.2, 0) is 24.4 Å². The third-order valence-electron chi connectivity index (χ3n) is 4.50. The van der Waals surface area contributed by atoms with Gasteiger partial charge in [0.2, 0.25) is 10.0 Å². The standard InChI is InChI=1S/C18H20Cl2N6O6S/c19-11-2-1-3-12(20)15(11)33(30,31)26-14(17(28)29)9-24-16(27)13-8-10(32-25-13)4-5-21-18-22-6-7-23-18/h1-3,6-7,10,14,26H,4-5,8-9H2,(H,24,27)(H,28,29)(H2,21,22,23). The van der Waals surface area contributed by atoms with Crippen LogP contribution in [0.5, 0.6) is 0 Å². The fraction of sp³-hybridized carbons (Fsp3) is 0.333. The summed E-state index contributed by atoms with van der Waals surface area (Å²) >= 11 is 11.8. The molecular formula is C18H20Cl2N6O6S. The van der Waals surface area contributed by atoms with Gasteiger partial charge in [-0.05, 0) is 12.1 Å². The molecule has 1 aromatic carbocycles. The van der Waals surface area contributed by atoms with Crippen LogP contribution in [0.15, 0.2) is 40.6 Å². The lowest BCUT2D eigenvalue weighted by atomic mass is 10.1. The van der Waals surface area contributed by atoms with E-state index in [0.717, 1.165) is 0 Å². The number of benzene rings is 1. The number of rotatable bonds is 11. The number of anilines is 1. The Bertz CT molecular complexity index is 1120. The average molecular weight is 519 g/mol. The van der Waals surface area contributed by atoms with Crippen molar-refractivity contribution in [3.8, 4) is 0 Å². The molecule has 0 saturated heterocycles. The molecule has 2 atom stereocenters. The second-order valence-corrected chi connectivity index (χ2v) is 9.36. The number of hydrogen-bond acceptors (Lipinski definition) is 8. The van der Waals surface area contributed by atoms with Gasteiger partial charge in [0.1, 0.15) is 22.8 Å². The summed E-state index contributed by atoms with van der Waals surface area (Å²) in [5.74, 6) is -1.57. The average Bonchev–Trinajstić information content (AvgIpc) is 3.43. The van der Waals surface area contributed by atoms with E-state index in [0.29, 0.717) is 18.9 Å². The predicted octanol–water partition coefficient (Wildman–Crippen LogP) is 1.21. The van der Waals surface area contributed by atoms with Crippen molar-refractivity contribution in [2.45, 2.75) is 29.9 Å². The van der Waals surface area contributed by atoms with Crippen LogP contribution in [0, 0.1) is 0 Å². The molecule has 0 spiro atoms. The van der Waals surface area contributed by atoms with E-state index in [2.05, 4.69) is 25.8 Å². The molecule has 2 aromatic rings. The first-order valence-corrected chi connectivity index (χ1v) is 11.8. The Morgan fingerprint density at radius 1 is 1.30 bits per heavy atom. The van der Waals surface area contributed by atoms with Crippen LogP contribution in [0.2, 0.25) is 10.0 Å². The van der Waals surface area contributed by atoms with Gasteiger partial charge >= 0.3 is 5.97 Å². The Labute approximate surface area is 198 Å². The van der Waals surface area contributed by atoms with Crippen LogP contribution in [0.1, 0.15) is 12.8 Å². The molecule has 1 amide bonds. The van der Waals surface area contributed by atoms with E-state index in [9.17, 15) is 23.1 Å². The first-order chi connectivity index (χ1) is 15.7. The molecule has 2 heterocycles. The maximum Gasteiger partial charge on any atom is 0.323 e. The molecule has 0 aliphatic carbocycles. The normalized spacial score (nSPS) is 16.5.